The number of nitrogens with zero attached hydrogens (tertiary/aromatic N) is 1. The second-order valence-electron chi connectivity index (χ2n) is 5.40. The largest absolute Gasteiger partial charge is 0.504 e. The summed E-state index contributed by atoms with van der Waals surface area (Å²) >= 11 is 0. The first-order chi connectivity index (χ1) is 12.2. The number of phenolic OH excluding ortho intramolecular Hbond substituents is 2. The number of anilines is 1. The molecule has 0 aliphatic carbocycles. The number of amides is 1. The van der Waals surface area contributed by atoms with Gasteiger partial charge in [0.2, 0.25) is 0 Å². The number of aromatic amines is 1. The molecule has 0 atom stereocenters. The van der Waals surface area contributed by atoms with E-state index in [1.807, 2.05) is 0 Å². The zero-order valence-corrected chi connectivity index (χ0v) is 13.0. The standard InChI is InChI=1S/C17H12F3N3O3/c18-17(19,20)10-3-1-9(2-4-10)12-8-13(23-22-12)16(26)21-11-5-6-14(24)15(25)7-11/h1-8,24-25H,(H,21,26)(H,22,23). The van der Waals surface area contributed by atoms with Gasteiger partial charge in [-0.2, -0.15) is 18.3 Å². The lowest BCUT2D eigenvalue weighted by atomic mass is 10.1. The Balaban J connectivity index is 1.76. The molecule has 0 spiro atoms. The molecule has 6 nitrogen and oxygen atoms in total. The van der Waals surface area contributed by atoms with E-state index in [0.717, 1.165) is 12.1 Å². The first kappa shape index (κ1) is 17.3. The molecule has 0 bridgehead atoms. The number of alkyl halides is 3. The number of nitrogens with one attached hydrogen (secondary N) is 2. The highest BCUT2D eigenvalue weighted by Crippen LogP contribution is 2.31. The number of benzene rings is 2. The normalized spacial score (nSPS) is 11.3. The van der Waals surface area contributed by atoms with Gasteiger partial charge in [-0.1, -0.05) is 12.1 Å². The lowest BCUT2D eigenvalue weighted by Gasteiger charge is -2.06. The van der Waals surface area contributed by atoms with Crippen molar-refractivity contribution in [2.75, 3.05) is 5.32 Å². The van der Waals surface area contributed by atoms with E-state index in [1.54, 1.807) is 0 Å². The Morgan fingerprint density at radius 3 is 2.31 bits per heavy atom. The van der Waals surface area contributed by atoms with Gasteiger partial charge < -0.3 is 15.5 Å². The number of aromatic nitrogens is 2. The fraction of sp³-hybridized carbons (Fsp3) is 0.0588. The third-order valence-corrected chi connectivity index (χ3v) is 3.56. The van der Waals surface area contributed by atoms with Crippen LogP contribution >= 0.6 is 0 Å². The molecule has 0 aliphatic rings. The van der Waals surface area contributed by atoms with Crippen molar-refractivity contribution in [3.8, 4) is 22.8 Å². The van der Waals surface area contributed by atoms with Gasteiger partial charge in [0.25, 0.3) is 5.91 Å². The molecule has 1 heterocycles. The number of rotatable bonds is 3. The number of hydrogen-bond acceptors (Lipinski definition) is 4. The van der Waals surface area contributed by atoms with Crippen molar-refractivity contribution >= 4 is 11.6 Å². The summed E-state index contributed by atoms with van der Waals surface area (Å²) in [5.41, 5.74) is 0.262. The van der Waals surface area contributed by atoms with E-state index in [1.165, 1.54) is 36.4 Å². The van der Waals surface area contributed by atoms with Crippen molar-refractivity contribution in [3.63, 3.8) is 0 Å². The van der Waals surface area contributed by atoms with Crippen LogP contribution in [0.2, 0.25) is 0 Å². The summed E-state index contributed by atoms with van der Waals surface area (Å²) in [6.07, 6.45) is -4.43. The third kappa shape index (κ3) is 3.61. The van der Waals surface area contributed by atoms with Crippen LogP contribution in [0, 0.1) is 0 Å². The molecule has 1 aromatic heterocycles. The van der Waals surface area contributed by atoms with E-state index in [-0.39, 0.29) is 17.1 Å². The molecule has 26 heavy (non-hydrogen) atoms. The Bertz CT molecular complexity index is 950. The number of aromatic hydroxyl groups is 2. The summed E-state index contributed by atoms with van der Waals surface area (Å²) in [7, 11) is 0. The number of hydrogen-bond donors (Lipinski definition) is 4. The molecule has 2 aromatic carbocycles. The van der Waals surface area contributed by atoms with Crippen molar-refractivity contribution in [1.29, 1.82) is 0 Å². The first-order valence-electron chi connectivity index (χ1n) is 7.30. The molecular formula is C17H12F3N3O3. The molecule has 3 rings (SSSR count). The average Bonchev–Trinajstić information content (AvgIpc) is 3.08. The van der Waals surface area contributed by atoms with Crippen molar-refractivity contribution in [2.24, 2.45) is 0 Å². The summed E-state index contributed by atoms with van der Waals surface area (Å²) in [6, 6.07) is 9.55. The Morgan fingerprint density at radius 2 is 1.69 bits per heavy atom. The Kier molecular flexibility index (Phi) is 4.29. The van der Waals surface area contributed by atoms with E-state index < -0.39 is 23.4 Å². The number of halogens is 3. The molecule has 0 unspecified atom stereocenters. The molecular weight excluding hydrogens is 351 g/mol. The fourth-order valence-electron chi connectivity index (χ4n) is 2.22. The Morgan fingerprint density at radius 1 is 1.00 bits per heavy atom. The Hall–Kier alpha value is -3.49. The van der Waals surface area contributed by atoms with Crippen LogP contribution in [0.1, 0.15) is 16.1 Å². The number of phenols is 2. The van der Waals surface area contributed by atoms with Crippen molar-refractivity contribution < 1.29 is 28.2 Å². The van der Waals surface area contributed by atoms with Crippen LogP contribution in [-0.2, 0) is 6.18 Å². The third-order valence-electron chi connectivity index (χ3n) is 3.56. The van der Waals surface area contributed by atoms with Crippen LogP contribution in [0.25, 0.3) is 11.3 Å². The summed E-state index contributed by atoms with van der Waals surface area (Å²) in [5, 5.41) is 27.6. The highest BCUT2D eigenvalue weighted by Gasteiger charge is 2.30. The molecule has 0 saturated heterocycles. The van der Waals surface area contributed by atoms with Gasteiger partial charge in [-0.05, 0) is 30.3 Å². The van der Waals surface area contributed by atoms with Crippen molar-refractivity contribution in [2.45, 2.75) is 6.18 Å². The van der Waals surface area contributed by atoms with E-state index in [2.05, 4.69) is 15.5 Å². The smallest absolute Gasteiger partial charge is 0.416 e. The van der Waals surface area contributed by atoms with Gasteiger partial charge in [0.1, 0.15) is 5.69 Å². The molecule has 9 heteroatoms. The SMILES string of the molecule is O=C(Nc1ccc(O)c(O)c1)c1cc(-c2ccc(C(F)(F)F)cc2)n[nH]1. The number of H-pyrrole nitrogens is 1. The van der Waals surface area contributed by atoms with Gasteiger partial charge in [-0.15, -0.1) is 0 Å². The molecule has 0 radical (unpaired) electrons. The highest BCUT2D eigenvalue weighted by molar-refractivity contribution is 6.03. The van der Waals surface area contributed by atoms with Crippen LogP contribution in [0.4, 0.5) is 18.9 Å². The summed E-state index contributed by atoms with van der Waals surface area (Å²) in [4.78, 5) is 12.2. The second kappa shape index (κ2) is 6.43. The first-order valence-corrected chi connectivity index (χ1v) is 7.30. The van der Waals surface area contributed by atoms with E-state index in [4.69, 9.17) is 0 Å². The van der Waals surface area contributed by atoms with Crippen LogP contribution in [-0.4, -0.2) is 26.3 Å². The minimum atomic E-state index is -4.43. The average molecular weight is 363 g/mol. The van der Waals surface area contributed by atoms with Crippen molar-refractivity contribution in [1.82, 2.24) is 10.2 Å². The molecule has 134 valence electrons. The quantitative estimate of drug-likeness (QED) is 0.421. The maximum Gasteiger partial charge on any atom is 0.416 e. The monoisotopic (exact) mass is 363 g/mol. The Labute approximate surface area is 144 Å². The van der Waals surface area contributed by atoms with Crippen LogP contribution in [0.3, 0.4) is 0 Å². The summed E-state index contributed by atoms with van der Waals surface area (Å²) < 4.78 is 37.8. The van der Waals surface area contributed by atoms with E-state index in [0.29, 0.717) is 11.3 Å². The fourth-order valence-corrected chi connectivity index (χ4v) is 2.22. The maximum absolute atomic E-state index is 12.6. The van der Waals surface area contributed by atoms with Gasteiger partial charge in [0.15, 0.2) is 11.5 Å². The van der Waals surface area contributed by atoms with E-state index >= 15 is 0 Å². The van der Waals surface area contributed by atoms with Gasteiger partial charge in [-0.3, -0.25) is 9.89 Å². The molecule has 1 amide bonds. The molecule has 0 saturated carbocycles. The second-order valence-corrected chi connectivity index (χ2v) is 5.40. The molecule has 3 aromatic rings. The lowest BCUT2D eigenvalue weighted by molar-refractivity contribution is -0.137. The maximum atomic E-state index is 12.6. The predicted octanol–water partition coefficient (Wildman–Crippen LogP) is 3.76. The zero-order valence-electron chi connectivity index (χ0n) is 13.0. The lowest BCUT2D eigenvalue weighted by Crippen LogP contribution is -2.12. The van der Waals surface area contributed by atoms with Crippen LogP contribution in [0.15, 0.2) is 48.5 Å². The minimum Gasteiger partial charge on any atom is -0.504 e. The van der Waals surface area contributed by atoms with Gasteiger partial charge in [-0.25, -0.2) is 0 Å². The number of carbonyl (C=O) groups is 1. The minimum absolute atomic E-state index is 0.0764. The van der Waals surface area contributed by atoms with Crippen LogP contribution < -0.4 is 5.32 Å². The van der Waals surface area contributed by atoms with Gasteiger partial charge in [0, 0.05) is 17.3 Å². The summed E-state index contributed by atoms with van der Waals surface area (Å²) in [6.45, 7) is 0. The van der Waals surface area contributed by atoms with Crippen LogP contribution in [0.5, 0.6) is 11.5 Å². The molecule has 0 aliphatic heterocycles. The molecule has 4 N–H and O–H groups in total. The van der Waals surface area contributed by atoms with Crippen molar-refractivity contribution in [3.05, 3.63) is 59.8 Å². The summed E-state index contributed by atoms with van der Waals surface area (Å²) in [5.74, 6) is -1.28. The zero-order chi connectivity index (χ0) is 18.9. The topological polar surface area (TPSA) is 98.2 Å². The van der Waals surface area contributed by atoms with E-state index in [9.17, 15) is 28.2 Å². The van der Waals surface area contributed by atoms with Gasteiger partial charge in [0.05, 0.1) is 11.3 Å². The predicted molar refractivity (Wildman–Crippen MR) is 86.8 cm³/mol. The molecule has 0 fully saturated rings. The van der Waals surface area contributed by atoms with Gasteiger partial charge >= 0.3 is 6.18 Å². The number of carbonyl (C=O) groups excluding carboxylic acids is 1. The highest BCUT2D eigenvalue weighted by atomic mass is 19.4.